The molecule has 8 heteroatoms. The average Bonchev–Trinajstić information content (AvgIpc) is 2.83. The van der Waals surface area contributed by atoms with Gasteiger partial charge in [-0.3, -0.25) is 0 Å². The number of hydrogen-bond acceptors (Lipinski definition) is 8. The highest BCUT2D eigenvalue weighted by Crippen LogP contribution is 2.46. The Morgan fingerprint density at radius 3 is 0.897 bits per heavy atom. The molecule has 0 bridgehead atoms. The van der Waals surface area contributed by atoms with Crippen LogP contribution in [0.2, 0.25) is 0 Å². The molecule has 0 spiro atoms. The molecule has 0 radical (unpaired) electrons. The molecular weight excluding hydrogens is 500 g/mol. The van der Waals surface area contributed by atoms with E-state index in [2.05, 4.69) is 0 Å². The maximum Gasteiger partial charge on any atom is 0.110 e. The number of hydrogen-bond donors (Lipinski definition) is 8. The predicted octanol–water partition coefficient (Wildman–Crippen LogP) is 1.04. The van der Waals surface area contributed by atoms with Gasteiger partial charge in [0.05, 0.1) is 0 Å². The van der Waals surface area contributed by atoms with Gasteiger partial charge in [-0.1, -0.05) is 72.9 Å². The van der Waals surface area contributed by atoms with Gasteiger partial charge in [0.1, 0.15) is 46.8 Å². The summed E-state index contributed by atoms with van der Waals surface area (Å²) in [5.41, 5.74) is -4.97. The normalized spacial score (nSPS) is 43.4. The third-order valence-electron chi connectivity index (χ3n) is 8.45. The van der Waals surface area contributed by atoms with Crippen molar-refractivity contribution >= 4 is 0 Å². The summed E-state index contributed by atoms with van der Waals surface area (Å²) in [6.07, 6.45) is 13.5. The minimum absolute atomic E-state index is 0.0548. The molecule has 0 aromatic rings. The predicted molar refractivity (Wildman–Crippen MR) is 147 cm³/mol. The van der Waals surface area contributed by atoms with Gasteiger partial charge in [0.25, 0.3) is 0 Å². The van der Waals surface area contributed by atoms with Crippen LogP contribution in [-0.4, -0.2) is 87.7 Å². The van der Waals surface area contributed by atoms with Gasteiger partial charge in [-0.25, -0.2) is 0 Å². The van der Waals surface area contributed by atoms with E-state index in [0.717, 1.165) is 0 Å². The van der Waals surface area contributed by atoms with E-state index in [4.69, 9.17) is 0 Å². The van der Waals surface area contributed by atoms with E-state index in [9.17, 15) is 40.9 Å². The van der Waals surface area contributed by atoms with Gasteiger partial charge in [-0.05, 0) is 56.4 Å². The van der Waals surface area contributed by atoms with Gasteiger partial charge in [-0.15, -0.1) is 0 Å². The SMILES string of the molecule is CC1(O)C=CC=C(C(CC(C2=CC=CC(C)(O)C2O)C2=CC=CC(C)(O)C2O)C2=CC=CC(C)(O)C2O)C1O. The van der Waals surface area contributed by atoms with Crippen molar-refractivity contribution in [2.24, 2.45) is 11.8 Å². The van der Waals surface area contributed by atoms with Crippen molar-refractivity contribution in [1.29, 1.82) is 0 Å². The van der Waals surface area contributed by atoms with E-state index in [1.54, 1.807) is 48.6 Å². The highest BCUT2D eigenvalue weighted by atomic mass is 16.4. The van der Waals surface area contributed by atoms with Gasteiger partial charge in [0.2, 0.25) is 0 Å². The zero-order chi connectivity index (χ0) is 29.0. The van der Waals surface area contributed by atoms with Crippen molar-refractivity contribution < 1.29 is 40.9 Å². The minimum atomic E-state index is -1.61. The third kappa shape index (κ3) is 5.49. The molecule has 39 heavy (non-hydrogen) atoms. The van der Waals surface area contributed by atoms with Crippen LogP contribution < -0.4 is 0 Å². The molecule has 0 aromatic heterocycles. The number of allylic oxidation sites excluding steroid dienone is 8. The summed E-state index contributed by atoms with van der Waals surface area (Å²) in [5, 5.41) is 88.4. The smallest absolute Gasteiger partial charge is 0.110 e. The van der Waals surface area contributed by atoms with Crippen LogP contribution in [0.3, 0.4) is 0 Å². The van der Waals surface area contributed by atoms with Crippen LogP contribution in [0.5, 0.6) is 0 Å². The van der Waals surface area contributed by atoms with Gasteiger partial charge in [-0.2, -0.15) is 0 Å². The number of aliphatic hydroxyl groups is 8. The van der Waals surface area contributed by atoms with Crippen LogP contribution in [0.1, 0.15) is 34.1 Å². The summed E-state index contributed by atoms with van der Waals surface area (Å²) in [6.45, 7) is 5.84. The topological polar surface area (TPSA) is 162 Å². The van der Waals surface area contributed by atoms with E-state index in [0.29, 0.717) is 22.3 Å². The summed E-state index contributed by atoms with van der Waals surface area (Å²) >= 11 is 0. The van der Waals surface area contributed by atoms with E-state index in [1.165, 1.54) is 52.0 Å². The molecule has 8 N–H and O–H groups in total. The molecule has 0 aliphatic heterocycles. The van der Waals surface area contributed by atoms with Crippen molar-refractivity contribution in [2.45, 2.75) is 80.9 Å². The second-order valence-electron chi connectivity index (χ2n) is 12.0. The van der Waals surface area contributed by atoms with Crippen LogP contribution in [0.4, 0.5) is 0 Å². The fraction of sp³-hybridized carbons (Fsp3) is 0.484. The summed E-state index contributed by atoms with van der Waals surface area (Å²) in [5.74, 6) is -1.58. The van der Waals surface area contributed by atoms with Crippen molar-refractivity contribution in [3.05, 3.63) is 95.2 Å². The zero-order valence-corrected chi connectivity index (χ0v) is 22.7. The first-order valence-electron chi connectivity index (χ1n) is 13.2. The molecule has 8 unspecified atom stereocenters. The van der Waals surface area contributed by atoms with Gasteiger partial charge in [0, 0.05) is 11.8 Å². The summed E-state index contributed by atoms with van der Waals surface area (Å²) in [4.78, 5) is 0. The van der Waals surface area contributed by atoms with Crippen LogP contribution in [0, 0.1) is 11.8 Å². The maximum atomic E-state index is 11.2. The third-order valence-corrected chi connectivity index (χ3v) is 8.45. The Bertz CT molecular complexity index is 1030. The molecule has 0 amide bonds. The lowest BCUT2D eigenvalue weighted by Crippen LogP contribution is -2.48. The molecule has 0 heterocycles. The Morgan fingerprint density at radius 2 is 0.692 bits per heavy atom. The van der Waals surface area contributed by atoms with E-state index < -0.39 is 58.7 Å². The first-order valence-corrected chi connectivity index (χ1v) is 13.2. The second-order valence-corrected chi connectivity index (χ2v) is 12.0. The van der Waals surface area contributed by atoms with Crippen LogP contribution in [0.15, 0.2) is 95.2 Å². The molecule has 8 atom stereocenters. The van der Waals surface area contributed by atoms with Crippen molar-refractivity contribution in [1.82, 2.24) is 0 Å². The summed E-state index contributed by atoms with van der Waals surface area (Å²) in [7, 11) is 0. The molecule has 8 nitrogen and oxygen atoms in total. The highest BCUT2D eigenvalue weighted by molar-refractivity contribution is 5.45. The Labute approximate surface area is 229 Å². The molecule has 0 saturated heterocycles. The van der Waals surface area contributed by atoms with Crippen LogP contribution in [0.25, 0.3) is 0 Å². The molecule has 4 rings (SSSR count). The second kappa shape index (κ2) is 10.2. The van der Waals surface area contributed by atoms with E-state index in [-0.39, 0.29) is 6.42 Å². The lowest BCUT2D eigenvalue weighted by Gasteiger charge is -2.44. The average molecular weight is 541 g/mol. The largest absolute Gasteiger partial charge is 0.385 e. The molecule has 0 fully saturated rings. The lowest BCUT2D eigenvalue weighted by molar-refractivity contribution is -0.0274. The fourth-order valence-electron chi connectivity index (χ4n) is 5.89. The van der Waals surface area contributed by atoms with Crippen LogP contribution in [-0.2, 0) is 0 Å². The standard InChI is InChI=1S/C31H40O8/c1-28(36)13-5-9-18(24(28)32)22(19-10-6-14-29(2,37)25(19)33)17-23(20-11-7-15-30(3,38)26(20)34)21-12-8-16-31(4,39)27(21)35/h5-16,22-27,32-39H,17H2,1-4H3. The fourth-order valence-corrected chi connectivity index (χ4v) is 5.89. The molecule has 4 aliphatic carbocycles. The van der Waals surface area contributed by atoms with Gasteiger partial charge >= 0.3 is 0 Å². The Hall–Kier alpha value is -2.40. The molecule has 4 aliphatic rings. The molecule has 212 valence electrons. The molecular formula is C31H40O8. The molecule has 0 aromatic carbocycles. The lowest BCUT2D eigenvalue weighted by atomic mass is 9.66. The van der Waals surface area contributed by atoms with E-state index in [1.807, 2.05) is 0 Å². The van der Waals surface area contributed by atoms with Crippen molar-refractivity contribution in [2.75, 3.05) is 0 Å². The Balaban J connectivity index is 1.89. The summed E-state index contributed by atoms with van der Waals surface area (Å²) in [6, 6.07) is 0. The first kappa shape index (κ1) is 29.6. The Morgan fingerprint density at radius 1 is 0.487 bits per heavy atom. The van der Waals surface area contributed by atoms with Gasteiger partial charge < -0.3 is 40.9 Å². The highest BCUT2D eigenvalue weighted by Gasteiger charge is 2.47. The summed E-state index contributed by atoms with van der Waals surface area (Å²) < 4.78 is 0. The number of aliphatic hydroxyl groups excluding tert-OH is 4. The molecule has 0 saturated carbocycles. The Kier molecular flexibility index (Phi) is 7.75. The van der Waals surface area contributed by atoms with Gasteiger partial charge in [0.15, 0.2) is 0 Å². The van der Waals surface area contributed by atoms with Crippen molar-refractivity contribution in [3.8, 4) is 0 Å². The van der Waals surface area contributed by atoms with Crippen molar-refractivity contribution in [3.63, 3.8) is 0 Å². The zero-order valence-electron chi connectivity index (χ0n) is 22.7. The quantitative estimate of drug-likeness (QED) is 0.248. The van der Waals surface area contributed by atoms with E-state index >= 15 is 0 Å². The minimum Gasteiger partial charge on any atom is -0.385 e. The monoisotopic (exact) mass is 540 g/mol. The number of rotatable bonds is 6. The van der Waals surface area contributed by atoms with Crippen LogP contribution >= 0.6 is 0 Å². The maximum absolute atomic E-state index is 11.2. The first-order chi connectivity index (χ1) is 18.0.